The second-order valence-corrected chi connectivity index (χ2v) is 5.90. The monoisotopic (exact) mass is 353 g/mol. The van der Waals surface area contributed by atoms with Gasteiger partial charge in [-0.15, -0.1) is 0 Å². The van der Waals surface area contributed by atoms with E-state index in [0.717, 1.165) is 12.8 Å². The summed E-state index contributed by atoms with van der Waals surface area (Å²) in [6, 6.07) is 0.797. The van der Waals surface area contributed by atoms with E-state index in [1.165, 1.54) is 4.90 Å². The van der Waals surface area contributed by atoms with Crippen molar-refractivity contribution < 1.29 is 35.9 Å². The number of halogens is 6. The van der Waals surface area contributed by atoms with Gasteiger partial charge in [0.1, 0.15) is 6.10 Å². The summed E-state index contributed by atoms with van der Waals surface area (Å²) in [6.07, 6.45) is -9.73. The van der Waals surface area contributed by atoms with Crippen molar-refractivity contribution in [3.05, 3.63) is 34.9 Å². The number of hydrogen-bond acceptors (Lipinski definition) is 2. The van der Waals surface area contributed by atoms with Gasteiger partial charge in [-0.2, -0.15) is 26.3 Å². The molecule has 1 aromatic rings. The lowest BCUT2D eigenvalue weighted by molar-refractivity contribution is -0.143. The zero-order chi connectivity index (χ0) is 17.7. The Morgan fingerprint density at radius 3 is 2.08 bits per heavy atom. The molecular formula is C15H13F6NO2. The van der Waals surface area contributed by atoms with Gasteiger partial charge in [0.25, 0.3) is 0 Å². The molecule has 2 heterocycles. The standard InChI is InChI=1S/C15H13F6NO2/c16-14(17,18)9-5-8(6-10(7-9)15(19,20)21)12-11-3-1-2-4-22(11)13(23)24-12/h5-7,11-12H,1-4H2/t11?,12-/m1/s1. The van der Waals surface area contributed by atoms with Crippen LogP contribution in [0.2, 0.25) is 0 Å². The number of ether oxygens (including phenoxy) is 1. The Labute approximate surface area is 133 Å². The fourth-order valence-corrected chi connectivity index (χ4v) is 3.19. The van der Waals surface area contributed by atoms with Gasteiger partial charge in [-0.05, 0) is 43.0 Å². The van der Waals surface area contributed by atoms with Crippen molar-refractivity contribution in [3.8, 4) is 0 Å². The maximum Gasteiger partial charge on any atom is 0.416 e. The number of carbonyl (C=O) groups excluding carboxylic acids is 1. The number of alkyl halides is 6. The van der Waals surface area contributed by atoms with Crippen molar-refractivity contribution >= 4 is 6.09 Å². The third kappa shape index (κ3) is 3.03. The summed E-state index contributed by atoms with van der Waals surface area (Å²) in [5.41, 5.74) is -3.09. The van der Waals surface area contributed by atoms with Crippen LogP contribution in [0.4, 0.5) is 31.1 Å². The Kier molecular flexibility index (Phi) is 3.92. The highest BCUT2D eigenvalue weighted by molar-refractivity contribution is 5.71. The quantitative estimate of drug-likeness (QED) is 0.681. The van der Waals surface area contributed by atoms with E-state index in [1.807, 2.05) is 0 Å². The fourth-order valence-electron chi connectivity index (χ4n) is 3.19. The molecule has 132 valence electrons. The Hall–Kier alpha value is -1.93. The number of hydrogen-bond donors (Lipinski definition) is 0. The summed E-state index contributed by atoms with van der Waals surface area (Å²) in [7, 11) is 0. The van der Waals surface area contributed by atoms with Crippen molar-refractivity contribution in [1.29, 1.82) is 0 Å². The van der Waals surface area contributed by atoms with E-state index in [-0.39, 0.29) is 11.6 Å². The van der Waals surface area contributed by atoms with Crippen LogP contribution in [0.3, 0.4) is 0 Å². The van der Waals surface area contributed by atoms with Crippen LogP contribution in [0.25, 0.3) is 0 Å². The third-order valence-corrected chi connectivity index (χ3v) is 4.30. The first-order valence-corrected chi connectivity index (χ1v) is 7.34. The molecule has 2 fully saturated rings. The molecule has 2 aliphatic heterocycles. The van der Waals surface area contributed by atoms with Crippen LogP contribution in [-0.4, -0.2) is 23.6 Å². The summed E-state index contributed by atoms with van der Waals surface area (Å²) in [5.74, 6) is 0. The van der Waals surface area contributed by atoms with E-state index >= 15 is 0 Å². The first-order valence-electron chi connectivity index (χ1n) is 7.34. The minimum absolute atomic E-state index is 0.0684. The molecule has 0 spiro atoms. The molecule has 1 aromatic carbocycles. The number of cyclic esters (lactones) is 1. The minimum Gasteiger partial charge on any atom is -0.439 e. The molecule has 2 aliphatic rings. The summed E-state index contributed by atoms with van der Waals surface area (Å²) in [4.78, 5) is 13.2. The smallest absolute Gasteiger partial charge is 0.416 e. The zero-order valence-corrected chi connectivity index (χ0v) is 12.2. The lowest BCUT2D eigenvalue weighted by Gasteiger charge is -2.29. The van der Waals surface area contributed by atoms with Crippen LogP contribution in [0, 0.1) is 0 Å². The average molecular weight is 353 g/mol. The van der Waals surface area contributed by atoms with Crippen LogP contribution in [0.15, 0.2) is 18.2 Å². The highest BCUT2D eigenvalue weighted by atomic mass is 19.4. The van der Waals surface area contributed by atoms with E-state index in [9.17, 15) is 31.1 Å². The number of carbonyl (C=O) groups is 1. The number of nitrogens with zero attached hydrogens (tertiary/aromatic N) is 1. The SMILES string of the molecule is O=C1O[C@H](c2cc(C(F)(F)F)cc(C(F)(F)F)c2)C2CCCCN12. The highest BCUT2D eigenvalue weighted by Gasteiger charge is 2.45. The number of piperidine rings is 1. The predicted octanol–water partition coefficient (Wildman–Crippen LogP) is 4.77. The largest absolute Gasteiger partial charge is 0.439 e. The number of amides is 1. The molecule has 3 nitrogen and oxygen atoms in total. The van der Waals surface area contributed by atoms with Gasteiger partial charge in [0.15, 0.2) is 0 Å². The topological polar surface area (TPSA) is 29.5 Å². The minimum atomic E-state index is -4.93. The summed E-state index contributed by atoms with van der Waals surface area (Å²) < 4.78 is 82.8. The van der Waals surface area contributed by atoms with Gasteiger partial charge in [-0.1, -0.05) is 0 Å². The zero-order valence-electron chi connectivity index (χ0n) is 12.2. The Morgan fingerprint density at radius 1 is 0.958 bits per heavy atom. The van der Waals surface area contributed by atoms with Gasteiger partial charge in [0.05, 0.1) is 17.2 Å². The van der Waals surface area contributed by atoms with Crippen LogP contribution >= 0.6 is 0 Å². The Balaban J connectivity index is 2.05. The Morgan fingerprint density at radius 2 is 1.54 bits per heavy atom. The molecule has 0 bridgehead atoms. The summed E-state index contributed by atoms with van der Waals surface area (Å²) in [5, 5.41) is 0. The van der Waals surface area contributed by atoms with Gasteiger partial charge in [0.2, 0.25) is 0 Å². The van der Waals surface area contributed by atoms with E-state index in [0.29, 0.717) is 25.1 Å². The number of benzene rings is 1. The molecule has 0 aromatic heterocycles. The van der Waals surface area contributed by atoms with Gasteiger partial charge in [0, 0.05) is 6.54 Å². The molecule has 0 radical (unpaired) electrons. The van der Waals surface area contributed by atoms with E-state index in [1.54, 1.807) is 0 Å². The van der Waals surface area contributed by atoms with E-state index in [4.69, 9.17) is 4.74 Å². The first kappa shape index (κ1) is 16.9. The van der Waals surface area contributed by atoms with Crippen LogP contribution < -0.4 is 0 Å². The molecule has 1 unspecified atom stereocenters. The van der Waals surface area contributed by atoms with Crippen molar-refractivity contribution in [2.45, 2.75) is 43.8 Å². The molecule has 9 heteroatoms. The molecule has 1 amide bonds. The molecule has 2 saturated heterocycles. The van der Waals surface area contributed by atoms with Gasteiger partial charge >= 0.3 is 18.4 Å². The lowest BCUT2D eigenvalue weighted by Crippen LogP contribution is -2.38. The normalized spacial score (nSPS) is 24.8. The Bertz CT molecular complexity index is 622. The van der Waals surface area contributed by atoms with Crippen molar-refractivity contribution in [2.24, 2.45) is 0 Å². The molecule has 3 rings (SSSR count). The summed E-state index contributed by atoms with van der Waals surface area (Å²) in [6.45, 7) is 0.394. The third-order valence-electron chi connectivity index (χ3n) is 4.30. The maximum absolute atomic E-state index is 12.9. The highest BCUT2D eigenvalue weighted by Crippen LogP contribution is 2.42. The molecular weight excluding hydrogens is 340 g/mol. The van der Waals surface area contributed by atoms with Crippen molar-refractivity contribution in [2.75, 3.05) is 6.54 Å². The number of fused-ring (bicyclic) bond motifs is 1. The van der Waals surface area contributed by atoms with Crippen LogP contribution in [0.5, 0.6) is 0 Å². The molecule has 24 heavy (non-hydrogen) atoms. The van der Waals surface area contributed by atoms with E-state index < -0.39 is 41.7 Å². The second-order valence-electron chi connectivity index (χ2n) is 5.90. The average Bonchev–Trinajstić information content (AvgIpc) is 2.83. The molecule has 0 aliphatic carbocycles. The van der Waals surface area contributed by atoms with Crippen molar-refractivity contribution in [1.82, 2.24) is 4.90 Å². The predicted molar refractivity (Wildman–Crippen MR) is 70.0 cm³/mol. The van der Waals surface area contributed by atoms with Crippen LogP contribution in [-0.2, 0) is 17.1 Å². The first-order chi connectivity index (χ1) is 11.1. The molecule has 0 N–H and O–H groups in total. The fraction of sp³-hybridized carbons (Fsp3) is 0.533. The van der Waals surface area contributed by atoms with Crippen molar-refractivity contribution in [3.63, 3.8) is 0 Å². The van der Waals surface area contributed by atoms with Crippen LogP contribution in [0.1, 0.15) is 42.1 Å². The van der Waals surface area contributed by atoms with Gasteiger partial charge in [-0.3, -0.25) is 0 Å². The summed E-state index contributed by atoms with van der Waals surface area (Å²) >= 11 is 0. The number of rotatable bonds is 1. The molecule has 2 atom stereocenters. The van der Waals surface area contributed by atoms with Gasteiger partial charge < -0.3 is 9.64 Å². The second kappa shape index (κ2) is 5.56. The lowest BCUT2D eigenvalue weighted by atomic mass is 9.92. The molecule has 0 saturated carbocycles. The van der Waals surface area contributed by atoms with Gasteiger partial charge in [-0.25, -0.2) is 4.79 Å². The maximum atomic E-state index is 12.9. The van der Waals surface area contributed by atoms with E-state index in [2.05, 4.69) is 0 Å².